The summed E-state index contributed by atoms with van der Waals surface area (Å²) in [4.78, 5) is 84.4. The number of allylic oxidation sites excluding steroid dienone is 1. The smallest absolute Gasteiger partial charge is 0.343 e. The van der Waals surface area contributed by atoms with Crippen LogP contribution < -0.4 is 15.4 Å². The van der Waals surface area contributed by atoms with Crippen molar-refractivity contribution in [3.63, 3.8) is 0 Å². The third kappa shape index (κ3) is 14.5. The third-order valence-corrected chi connectivity index (χ3v) is 11.9. The Morgan fingerprint density at radius 2 is 1.43 bits per heavy atom. The van der Waals surface area contributed by atoms with Crippen LogP contribution in [-0.4, -0.2) is 86.0 Å². The van der Waals surface area contributed by atoms with Crippen LogP contribution in [0.5, 0.6) is 5.75 Å². The van der Waals surface area contributed by atoms with Crippen LogP contribution >= 0.6 is 0 Å². The number of hydrogen-bond acceptors (Lipinski definition) is 10. The second-order valence-corrected chi connectivity index (χ2v) is 16.7. The van der Waals surface area contributed by atoms with Gasteiger partial charge in [0.1, 0.15) is 24.0 Å². The van der Waals surface area contributed by atoms with Gasteiger partial charge in [0.2, 0.25) is 11.8 Å². The quantitative estimate of drug-likeness (QED) is 0.0351. The molecule has 4 aromatic rings. The Kier molecular flexibility index (Phi) is 20.7. The molecule has 1 aliphatic rings. The Hall–Kier alpha value is -6.96. The van der Waals surface area contributed by atoms with Gasteiger partial charge in [-0.05, 0) is 72.6 Å². The molecule has 1 aliphatic heterocycles. The molecule has 0 radical (unpaired) electrons. The molecule has 0 aliphatic carbocycles. The predicted molar refractivity (Wildman–Crippen MR) is 259 cm³/mol. The van der Waals surface area contributed by atoms with Crippen molar-refractivity contribution in [2.45, 2.75) is 104 Å². The van der Waals surface area contributed by atoms with Crippen LogP contribution in [-0.2, 0) is 40.0 Å². The van der Waals surface area contributed by atoms with Gasteiger partial charge in [-0.25, -0.2) is 19.2 Å². The zero-order chi connectivity index (χ0) is 48.8. The minimum Gasteiger partial charge on any atom is -0.481 e. The molecule has 14 heteroatoms. The van der Waals surface area contributed by atoms with E-state index in [0.717, 1.165) is 54.4 Å². The Labute approximate surface area is 400 Å². The van der Waals surface area contributed by atoms with Crippen molar-refractivity contribution in [2.75, 3.05) is 40.5 Å². The molecule has 0 unspecified atom stereocenters. The van der Waals surface area contributed by atoms with Crippen molar-refractivity contribution in [1.82, 2.24) is 20.4 Å². The number of unbranched alkanes of at least 4 members (excludes halogenated alkanes) is 6. The summed E-state index contributed by atoms with van der Waals surface area (Å²) in [6.45, 7) is 6.48. The molecule has 68 heavy (non-hydrogen) atoms. The van der Waals surface area contributed by atoms with Crippen molar-refractivity contribution in [1.29, 1.82) is 0 Å². The summed E-state index contributed by atoms with van der Waals surface area (Å²) in [5, 5.41) is 6.06. The van der Waals surface area contributed by atoms with Crippen LogP contribution in [0.3, 0.4) is 0 Å². The molecule has 2 atom stereocenters. The van der Waals surface area contributed by atoms with Gasteiger partial charge in [0.15, 0.2) is 6.61 Å². The first-order valence-electron chi connectivity index (χ1n) is 23.6. The lowest BCUT2D eigenvalue weighted by Gasteiger charge is -2.35. The number of methoxy groups -OCH3 is 2. The molecule has 4 amide bonds. The highest BCUT2D eigenvalue weighted by atomic mass is 16.6. The van der Waals surface area contributed by atoms with Crippen molar-refractivity contribution in [3.05, 3.63) is 137 Å². The zero-order valence-corrected chi connectivity index (χ0v) is 40.1. The fourth-order valence-corrected chi connectivity index (χ4v) is 8.10. The van der Waals surface area contributed by atoms with Crippen LogP contribution in [0.1, 0.15) is 124 Å². The number of nitrogens with one attached hydrogen (secondary N) is 2. The Morgan fingerprint density at radius 3 is 2.10 bits per heavy atom. The molecule has 1 heterocycles. The highest BCUT2D eigenvalue weighted by molar-refractivity contribution is 5.96. The number of esters is 3. The molecule has 2 N–H and O–H groups in total. The van der Waals surface area contributed by atoms with E-state index in [0.29, 0.717) is 55.6 Å². The van der Waals surface area contributed by atoms with Gasteiger partial charge >= 0.3 is 23.9 Å². The second-order valence-electron chi connectivity index (χ2n) is 16.7. The summed E-state index contributed by atoms with van der Waals surface area (Å²) >= 11 is 0. The summed E-state index contributed by atoms with van der Waals surface area (Å²) in [6, 6.07) is 29.6. The monoisotopic (exact) mass is 930 g/mol. The first-order chi connectivity index (χ1) is 33.0. The summed E-state index contributed by atoms with van der Waals surface area (Å²) in [5.41, 5.74) is 4.82. The first-order valence-corrected chi connectivity index (χ1v) is 23.6. The van der Waals surface area contributed by atoms with Gasteiger partial charge < -0.3 is 34.5 Å². The van der Waals surface area contributed by atoms with Crippen molar-refractivity contribution in [2.24, 2.45) is 0 Å². The topological polar surface area (TPSA) is 170 Å². The summed E-state index contributed by atoms with van der Waals surface area (Å²) in [5.74, 6) is -2.48. The van der Waals surface area contributed by atoms with E-state index in [9.17, 15) is 28.8 Å². The van der Waals surface area contributed by atoms with Crippen molar-refractivity contribution < 1.29 is 47.7 Å². The Bertz CT molecular complexity index is 2330. The molecule has 362 valence electrons. The van der Waals surface area contributed by atoms with Gasteiger partial charge in [-0.3, -0.25) is 14.5 Å². The molecular weight excluding hydrogens is 865 g/mol. The molecule has 14 nitrogen and oxygen atoms in total. The van der Waals surface area contributed by atoms with E-state index >= 15 is 0 Å². The average Bonchev–Trinajstić information content (AvgIpc) is 3.36. The van der Waals surface area contributed by atoms with E-state index in [1.165, 1.54) is 26.4 Å². The van der Waals surface area contributed by atoms with Gasteiger partial charge in [0.05, 0.1) is 25.8 Å². The lowest BCUT2D eigenvalue weighted by molar-refractivity contribution is -0.143. The Morgan fingerprint density at radius 1 is 0.750 bits per heavy atom. The highest BCUT2D eigenvalue weighted by Gasteiger charge is 2.37. The molecule has 0 fully saturated rings. The van der Waals surface area contributed by atoms with Crippen LogP contribution in [0.4, 0.5) is 4.79 Å². The SMILES string of the molecule is CCCCCCN(C(=O)CCCCCN1C(=O)N[C@H](c2ccc(-c3ccccc3)cc2)C(C(=O)OCc2ccccc2)=C1C)[C@H](C(=O)NCCCC)c1ccc(OCC(=O)OC)c(C(=O)OC)c1. The fraction of sp³-hybridized carbons (Fsp3) is 0.407. The minimum atomic E-state index is -1.08. The molecule has 5 rings (SSSR count). The first kappa shape index (κ1) is 52.0. The molecule has 0 saturated carbocycles. The summed E-state index contributed by atoms with van der Waals surface area (Å²) < 4.78 is 21.2. The number of amides is 4. The largest absolute Gasteiger partial charge is 0.481 e. The predicted octanol–water partition coefficient (Wildman–Crippen LogP) is 9.40. The van der Waals surface area contributed by atoms with Crippen LogP contribution in [0.25, 0.3) is 11.1 Å². The zero-order valence-electron chi connectivity index (χ0n) is 40.1. The van der Waals surface area contributed by atoms with E-state index in [1.807, 2.05) is 91.9 Å². The summed E-state index contributed by atoms with van der Waals surface area (Å²) in [7, 11) is 2.44. The van der Waals surface area contributed by atoms with E-state index in [4.69, 9.17) is 14.2 Å². The molecule has 0 bridgehead atoms. The molecule has 0 aromatic heterocycles. The number of carbonyl (C=O) groups excluding carboxylic acids is 6. The molecule has 0 saturated heterocycles. The van der Waals surface area contributed by atoms with Crippen LogP contribution in [0, 0.1) is 0 Å². The third-order valence-electron chi connectivity index (χ3n) is 11.9. The normalized spacial score (nSPS) is 13.8. The maximum atomic E-state index is 14.4. The van der Waals surface area contributed by atoms with Gasteiger partial charge in [-0.1, -0.05) is 137 Å². The number of nitrogens with zero attached hydrogens (tertiary/aromatic N) is 2. The van der Waals surface area contributed by atoms with Gasteiger partial charge in [-0.15, -0.1) is 0 Å². The van der Waals surface area contributed by atoms with Crippen LogP contribution in [0.2, 0.25) is 0 Å². The molecule has 0 spiro atoms. The minimum absolute atomic E-state index is 0.00960. The van der Waals surface area contributed by atoms with Gasteiger partial charge in [0, 0.05) is 31.8 Å². The summed E-state index contributed by atoms with van der Waals surface area (Å²) in [6.07, 6.45) is 6.70. The van der Waals surface area contributed by atoms with E-state index in [1.54, 1.807) is 22.8 Å². The van der Waals surface area contributed by atoms with Crippen LogP contribution in [0.15, 0.2) is 114 Å². The Balaban J connectivity index is 1.34. The van der Waals surface area contributed by atoms with Crippen molar-refractivity contribution >= 4 is 35.8 Å². The highest BCUT2D eigenvalue weighted by Crippen LogP contribution is 2.34. The molecule has 4 aromatic carbocycles. The lowest BCUT2D eigenvalue weighted by atomic mass is 9.93. The number of rotatable bonds is 26. The number of benzene rings is 4. The number of urea groups is 1. The maximum absolute atomic E-state index is 14.4. The van der Waals surface area contributed by atoms with E-state index in [-0.39, 0.29) is 48.7 Å². The number of carbonyl (C=O) groups is 6. The van der Waals surface area contributed by atoms with Gasteiger partial charge in [0.25, 0.3) is 0 Å². The standard InChI is InChI=1S/C54H66N4O10/c1-6-8-10-19-34-58(50(51(61)55-32-9-7-2)43-30-31-45(67-37-47(60)65-4)44(35-43)52(62)66-5)46(59)25-18-13-20-33-57-38(3)48(53(63)68-36-39-21-14-11-15-22-39)49(56-54(57)64)42-28-26-41(27-29-42)40-23-16-12-17-24-40/h11-12,14-17,21-24,26-31,35,49-50H,6-10,13,18-20,25,32-34,36-37H2,1-5H3,(H,55,61)(H,56,64)/t49-,50+/m1/s1. The fourth-order valence-electron chi connectivity index (χ4n) is 8.10. The molecular formula is C54H66N4O10. The maximum Gasteiger partial charge on any atom is 0.343 e. The second kappa shape index (κ2) is 27.0. The number of ether oxygens (including phenoxy) is 4. The van der Waals surface area contributed by atoms with Gasteiger partial charge in [-0.2, -0.15) is 0 Å². The average molecular weight is 931 g/mol. The number of hydrogen-bond donors (Lipinski definition) is 2. The lowest BCUT2D eigenvalue weighted by Crippen LogP contribution is -2.48. The van der Waals surface area contributed by atoms with Crippen molar-refractivity contribution in [3.8, 4) is 16.9 Å². The van der Waals surface area contributed by atoms with E-state index < -0.39 is 36.6 Å². The van der Waals surface area contributed by atoms with E-state index in [2.05, 4.69) is 22.3 Å².